The molecule has 3 rings (SSSR count). The zero-order valence-corrected chi connectivity index (χ0v) is 20.0. The van der Waals surface area contributed by atoms with E-state index in [2.05, 4.69) is 43.3 Å². The Balaban J connectivity index is 1.85. The Labute approximate surface area is 200 Å². The Hall–Kier alpha value is -2.47. The molecule has 0 spiro atoms. The summed E-state index contributed by atoms with van der Waals surface area (Å²) in [5, 5.41) is 0.700. The van der Waals surface area contributed by atoms with Crippen LogP contribution < -0.4 is 0 Å². The maximum Gasteiger partial charge on any atom is 0.302 e. The molecule has 1 aliphatic rings. The van der Waals surface area contributed by atoms with E-state index in [1.807, 2.05) is 12.1 Å². The predicted octanol–water partition coefficient (Wildman–Crippen LogP) is 5.20. The molecule has 33 heavy (non-hydrogen) atoms. The molecule has 0 amide bonds. The van der Waals surface area contributed by atoms with Crippen molar-refractivity contribution in [2.24, 2.45) is 0 Å². The Morgan fingerprint density at radius 2 is 1.94 bits per heavy atom. The number of carbonyl (C=O) groups is 2. The van der Waals surface area contributed by atoms with Gasteiger partial charge in [-0.15, -0.1) is 0 Å². The molecule has 0 saturated carbocycles. The molecule has 0 bridgehead atoms. The fraction of sp³-hybridized carbons (Fsp3) is 0.407. The van der Waals surface area contributed by atoms with Gasteiger partial charge in [-0.1, -0.05) is 61.0 Å². The standard InChI is InChI=1S/C27H31ClO5/c1-3-20-7-9-21(10-8-20)15-23-16-25(22(17-26(23)28)11-13-31-14-12-29)27-6-4-5-24(33-27)18-32-19(2)30/h4-5,7-10,12,16-17,24,27H,3,6,11,13-15,18H2,1-2H3/t24-,27+/m1/s1. The second kappa shape index (κ2) is 12.7. The van der Waals surface area contributed by atoms with E-state index in [4.69, 9.17) is 25.8 Å². The molecule has 1 aliphatic heterocycles. The second-order valence-corrected chi connectivity index (χ2v) is 8.52. The SMILES string of the molecule is CCc1ccc(Cc2cc([C@@H]3CC=C[C@H](COC(C)=O)O3)c(CCOCC=O)cc2Cl)cc1. The number of carbonyl (C=O) groups excluding carboxylic acids is 2. The zero-order chi connectivity index (χ0) is 23.6. The lowest BCUT2D eigenvalue weighted by atomic mass is 9.92. The summed E-state index contributed by atoms with van der Waals surface area (Å²) in [7, 11) is 0. The quantitative estimate of drug-likeness (QED) is 0.195. The minimum atomic E-state index is -0.329. The Kier molecular flexibility index (Phi) is 9.67. The van der Waals surface area contributed by atoms with E-state index in [0.29, 0.717) is 24.5 Å². The van der Waals surface area contributed by atoms with Gasteiger partial charge in [-0.25, -0.2) is 0 Å². The van der Waals surface area contributed by atoms with Gasteiger partial charge in [-0.3, -0.25) is 4.79 Å². The summed E-state index contributed by atoms with van der Waals surface area (Å²) in [6.45, 7) is 4.20. The number of rotatable bonds is 11. The van der Waals surface area contributed by atoms with E-state index >= 15 is 0 Å². The number of aldehydes is 1. The molecule has 2 aromatic carbocycles. The second-order valence-electron chi connectivity index (χ2n) is 8.11. The molecule has 0 unspecified atom stereocenters. The van der Waals surface area contributed by atoms with Crippen molar-refractivity contribution in [3.05, 3.63) is 81.4 Å². The lowest BCUT2D eigenvalue weighted by molar-refractivity contribution is -0.145. The van der Waals surface area contributed by atoms with Gasteiger partial charge in [0.15, 0.2) is 0 Å². The van der Waals surface area contributed by atoms with Gasteiger partial charge in [0.1, 0.15) is 25.6 Å². The van der Waals surface area contributed by atoms with Gasteiger partial charge in [0, 0.05) is 11.9 Å². The van der Waals surface area contributed by atoms with Crippen LogP contribution in [0.5, 0.6) is 0 Å². The van der Waals surface area contributed by atoms with Crippen molar-refractivity contribution in [2.45, 2.75) is 51.7 Å². The average molecular weight is 471 g/mol. The molecule has 2 atom stereocenters. The van der Waals surface area contributed by atoms with E-state index in [-0.39, 0.29) is 31.4 Å². The van der Waals surface area contributed by atoms with E-state index in [1.165, 1.54) is 18.1 Å². The van der Waals surface area contributed by atoms with Crippen LogP contribution in [0.3, 0.4) is 0 Å². The largest absolute Gasteiger partial charge is 0.463 e. The first-order chi connectivity index (χ1) is 16.0. The van der Waals surface area contributed by atoms with Crippen LogP contribution in [0, 0.1) is 0 Å². The average Bonchev–Trinajstić information content (AvgIpc) is 2.82. The Morgan fingerprint density at radius 1 is 1.18 bits per heavy atom. The van der Waals surface area contributed by atoms with Crippen LogP contribution in [0.25, 0.3) is 0 Å². The van der Waals surface area contributed by atoms with Crippen molar-refractivity contribution in [2.75, 3.05) is 19.8 Å². The number of halogens is 1. The molecule has 0 saturated heterocycles. The highest BCUT2D eigenvalue weighted by Gasteiger charge is 2.24. The molecular weight excluding hydrogens is 440 g/mol. The van der Waals surface area contributed by atoms with Crippen molar-refractivity contribution >= 4 is 23.9 Å². The lowest BCUT2D eigenvalue weighted by Crippen LogP contribution is -2.25. The number of benzene rings is 2. The van der Waals surface area contributed by atoms with Crippen molar-refractivity contribution in [3.8, 4) is 0 Å². The third kappa shape index (κ3) is 7.53. The summed E-state index contributed by atoms with van der Waals surface area (Å²) in [4.78, 5) is 21.8. The highest BCUT2D eigenvalue weighted by molar-refractivity contribution is 6.31. The van der Waals surface area contributed by atoms with Crippen LogP contribution in [0.15, 0.2) is 48.6 Å². The lowest BCUT2D eigenvalue weighted by Gasteiger charge is -2.28. The summed E-state index contributed by atoms with van der Waals surface area (Å²) in [6.07, 6.45) is 7.31. The maximum absolute atomic E-state index is 11.2. The highest BCUT2D eigenvalue weighted by atomic mass is 35.5. The van der Waals surface area contributed by atoms with Gasteiger partial charge in [-0.05, 0) is 59.6 Å². The predicted molar refractivity (Wildman–Crippen MR) is 129 cm³/mol. The molecule has 1 heterocycles. The summed E-state index contributed by atoms with van der Waals surface area (Å²) in [6, 6.07) is 12.7. The van der Waals surface area contributed by atoms with Crippen LogP contribution in [0.4, 0.5) is 0 Å². The van der Waals surface area contributed by atoms with Crippen molar-refractivity contribution < 1.29 is 23.8 Å². The number of hydrogen-bond donors (Lipinski definition) is 0. The number of esters is 1. The molecule has 0 N–H and O–H groups in total. The van der Waals surface area contributed by atoms with Crippen molar-refractivity contribution in [3.63, 3.8) is 0 Å². The first kappa shape index (κ1) is 25.2. The van der Waals surface area contributed by atoms with Gasteiger partial charge >= 0.3 is 5.97 Å². The molecule has 0 fully saturated rings. The van der Waals surface area contributed by atoms with Crippen LogP contribution >= 0.6 is 11.6 Å². The maximum atomic E-state index is 11.2. The summed E-state index contributed by atoms with van der Waals surface area (Å²) < 4.78 is 16.8. The topological polar surface area (TPSA) is 61.8 Å². The third-order valence-electron chi connectivity index (χ3n) is 5.67. The monoisotopic (exact) mass is 470 g/mol. The van der Waals surface area contributed by atoms with Gasteiger partial charge in [0.2, 0.25) is 0 Å². The molecule has 2 aromatic rings. The first-order valence-electron chi connectivity index (χ1n) is 11.4. The van der Waals surface area contributed by atoms with E-state index in [1.54, 1.807) is 0 Å². The molecule has 5 nitrogen and oxygen atoms in total. The van der Waals surface area contributed by atoms with Crippen LogP contribution in [-0.2, 0) is 43.1 Å². The minimum Gasteiger partial charge on any atom is -0.463 e. The van der Waals surface area contributed by atoms with E-state index in [0.717, 1.165) is 35.8 Å². The van der Waals surface area contributed by atoms with Crippen LogP contribution in [0.2, 0.25) is 5.02 Å². The smallest absolute Gasteiger partial charge is 0.302 e. The number of ether oxygens (including phenoxy) is 3. The zero-order valence-electron chi connectivity index (χ0n) is 19.2. The summed E-state index contributed by atoms with van der Waals surface area (Å²) in [5.74, 6) is -0.329. The van der Waals surface area contributed by atoms with Gasteiger partial charge in [0.25, 0.3) is 0 Å². The van der Waals surface area contributed by atoms with E-state index in [9.17, 15) is 9.59 Å². The van der Waals surface area contributed by atoms with Crippen molar-refractivity contribution in [1.82, 2.24) is 0 Å². The van der Waals surface area contributed by atoms with Gasteiger partial charge in [0.05, 0.1) is 12.7 Å². The first-order valence-corrected chi connectivity index (χ1v) is 11.7. The molecule has 0 radical (unpaired) electrons. The minimum absolute atomic E-state index is 0.0715. The molecule has 0 aliphatic carbocycles. The van der Waals surface area contributed by atoms with E-state index < -0.39 is 0 Å². The fourth-order valence-corrected chi connectivity index (χ4v) is 4.17. The van der Waals surface area contributed by atoms with Gasteiger partial charge < -0.3 is 19.0 Å². The molecule has 176 valence electrons. The number of hydrogen-bond acceptors (Lipinski definition) is 5. The normalized spacial score (nSPS) is 17.7. The van der Waals surface area contributed by atoms with Crippen LogP contribution in [-0.4, -0.2) is 38.2 Å². The molecule has 6 heteroatoms. The summed E-state index contributed by atoms with van der Waals surface area (Å²) >= 11 is 6.69. The fourth-order valence-electron chi connectivity index (χ4n) is 3.92. The highest BCUT2D eigenvalue weighted by Crippen LogP contribution is 2.34. The number of aryl methyl sites for hydroxylation is 1. The Morgan fingerprint density at radius 3 is 2.64 bits per heavy atom. The van der Waals surface area contributed by atoms with Crippen molar-refractivity contribution in [1.29, 1.82) is 0 Å². The summed E-state index contributed by atoms with van der Waals surface area (Å²) in [5.41, 5.74) is 5.61. The third-order valence-corrected chi connectivity index (χ3v) is 6.03. The molecular formula is C27H31ClO5. The van der Waals surface area contributed by atoms with Gasteiger partial charge in [-0.2, -0.15) is 0 Å². The van der Waals surface area contributed by atoms with Crippen LogP contribution in [0.1, 0.15) is 54.2 Å². The Bertz CT molecular complexity index is 967. The molecule has 0 aromatic heterocycles.